The number of esters is 1. The van der Waals surface area contributed by atoms with Crippen LogP contribution in [0.4, 0.5) is 0 Å². The van der Waals surface area contributed by atoms with E-state index in [-0.39, 0.29) is 24.1 Å². The number of halogens is 1. The molecule has 0 heterocycles. The van der Waals surface area contributed by atoms with Gasteiger partial charge < -0.3 is 14.8 Å². The Morgan fingerprint density at radius 3 is 2.74 bits per heavy atom. The number of nitriles is 1. The summed E-state index contributed by atoms with van der Waals surface area (Å²) in [6.45, 7) is 1.93. The molecule has 1 aliphatic rings. The number of ether oxygens (including phenoxy) is 2. The second kappa shape index (κ2) is 10.1. The zero-order chi connectivity index (χ0) is 19.8. The molecule has 2 rings (SSSR count). The van der Waals surface area contributed by atoms with Crippen LogP contribution in [0.25, 0.3) is 6.08 Å². The smallest absolute Gasteiger partial charge is 0.343 e. The molecule has 7 heteroatoms. The Balaban J connectivity index is 2.07. The van der Waals surface area contributed by atoms with E-state index in [4.69, 9.17) is 4.74 Å². The Morgan fingerprint density at radius 2 is 2.11 bits per heavy atom. The summed E-state index contributed by atoms with van der Waals surface area (Å²) < 4.78 is 10.5. The fourth-order valence-electron chi connectivity index (χ4n) is 3.01. The Morgan fingerprint density at radius 1 is 1.37 bits per heavy atom. The average molecular weight is 435 g/mol. The molecule has 1 aliphatic carbocycles. The van der Waals surface area contributed by atoms with Crippen molar-refractivity contribution in [3.63, 3.8) is 0 Å². The summed E-state index contributed by atoms with van der Waals surface area (Å²) in [5.41, 5.74) is 0.735. The van der Waals surface area contributed by atoms with Crippen LogP contribution in [0.2, 0.25) is 0 Å². The number of nitrogens with zero attached hydrogens (tertiary/aromatic N) is 1. The molecule has 0 unspecified atom stereocenters. The number of benzene rings is 1. The second-order valence-electron chi connectivity index (χ2n) is 6.57. The lowest BCUT2D eigenvalue weighted by molar-refractivity contribution is -0.142. The van der Waals surface area contributed by atoms with Gasteiger partial charge in [0.2, 0.25) is 0 Å². The van der Waals surface area contributed by atoms with Crippen molar-refractivity contribution >= 4 is 33.9 Å². The van der Waals surface area contributed by atoms with Crippen LogP contribution in [0.1, 0.15) is 38.2 Å². The standard InChI is InChI=1S/C20H23BrN2O4/c1-13-5-3-4-6-17(13)23-20(25)15(11-22)9-14-7-8-18(16(21)10-14)27-12-19(24)26-2/h7-10,13,17H,3-6,12H2,1-2H3,(H,23,25)/b15-9+/t13-,17-/m0/s1. The maximum atomic E-state index is 12.5. The number of rotatable bonds is 6. The van der Waals surface area contributed by atoms with E-state index >= 15 is 0 Å². The topological polar surface area (TPSA) is 88.4 Å². The predicted octanol–water partition coefficient (Wildman–Crippen LogP) is 3.60. The van der Waals surface area contributed by atoms with Gasteiger partial charge in [-0.05, 0) is 58.5 Å². The van der Waals surface area contributed by atoms with Crippen LogP contribution in [0, 0.1) is 17.2 Å². The van der Waals surface area contributed by atoms with Crippen LogP contribution in [-0.2, 0) is 14.3 Å². The molecule has 0 spiro atoms. The summed E-state index contributed by atoms with van der Waals surface area (Å²) in [7, 11) is 1.29. The SMILES string of the molecule is COC(=O)COc1ccc(/C=C(\C#N)C(=O)N[C@H]2CCCC[C@@H]2C)cc1Br. The Kier molecular flexibility index (Phi) is 7.86. The third-order valence-electron chi connectivity index (χ3n) is 4.63. The highest BCUT2D eigenvalue weighted by Gasteiger charge is 2.24. The molecule has 1 amide bonds. The minimum atomic E-state index is -0.480. The van der Waals surface area contributed by atoms with Crippen molar-refractivity contribution in [3.8, 4) is 11.8 Å². The van der Waals surface area contributed by atoms with Crippen LogP contribution in [0.15, 0.2) is 28.2 Å². The zero-order valence-corrected chi connectivity index (χ0v) is 17.0. The van der Waals surface area contributed by atoms with Gasteiger partial charge in [-0.25, -0.2) is 4.79 Å². The fourth-order valence-corrected chi connectivity index (χ4v) is 3.52. The second-order valence-corrected chi connectivity index (χ2v) is 7.42. The number of carbonyl (C=O) groups excluding carboxylic acids is 2. The molecule has 1 saturated carbocycles. The number of amides is 1. The van der Waals surface area contributed by atoms with E-state index in [1.54, 1.807) is 18.2 Å². The summed E-state index contributed by atoms with van der Waals surface area (Å²) in [5.74, 6) is 0.0595. The maximum Gasteiger partial charge on any atom is 0.343 e. The number of nitrogens with one attached hydrogen (secondary N) is 1. The monoisotopic (exact) mass is 434 g/mol. The van der Waals surface area contributed by atoms with Gasteiger partial charge in [-0.2, -0.15) is 5.26 Å². The van der Waals surface area contributed by atoms with Gasteiger partial charge in [-0.1, -0.05) is 25.8 Å². The first-order valence-electron chi connectivity index (χ1n) is 8.86. The lowest BCUT2D eigenvalue weighted by Gasteiger charge is -2.29. The van der Waals surface area contributed by atoms with Crippen molar-refractivity contribution in [1.29, 1.82) is 5.26 Å². The van der Waals surface area contributed by atoms with Gasteiger partial charge in [0.25, 0.3) is 5.91 Å². The molecule has 0 radical (unpaired) electrons. The minimum absolute atomic E-state index is 0.0582. The van der Waals surface area contributed by atoms with Gasteiger partial charge in [0.1, 0.15) is 17.4 Å². The maximum absolute atomic E-state index is 12.5. The normalized spacial score (nSPS) is 19.7. The highest BCUT2D eigenvalue weighted by Crippen LogP contribution is 2.27. The molecule has 144 valence electrons. The third kappa shape index (κ3) is 6.10. The summed E-state index contributed by atoms with van der Waals surface area (Å²) >= 11 is 3.37. The molecule has 1 N–H and O–H groups in total. The summed E-state index contributed by atoms with van der Waals surface area (Å²) in [4.78, 5) is 23.6. The molecule has 0 aromatic heterocycles. The van der Waals surface area contributed by atoms with Gasteiger partial charge in [0, 0.05) is 6.04 Å². The number of hydrogen-bond acceptors (Lipinski definition) is 5. The average Bonchev–Trinajstić information content (AvgIpc) is 2.66. The first kappa shape index (κ1) is 21.0. The number of methoxy groups -OCH3 is 1. The molecule has 1 fully saturated rings. The van der Waals surface area contributed by atoms with Crippen LogP contribution >= 0.6 is 15.9 Å². The lowest BCUT2D eigenvalue weighted by Crippen LogP contribution is -2.41. The van der Waals surface area contributed by atoms with Crippen molar-refractivity contribution in [3.05, 3.63) is 33.8 Å². The van der Waals surface area contributed by atoms with Crippen molar-refractivity contribution in [2.24, 2.45) is 5.92 Å². The van der Waals surface area contributed by atoms with Crippen LogP contribution < -0.4 is 10.1 Å². The van der Waals surface area contributed by atoms with E-state index in [0.29, 0.717) is 21.7 Å². The van der Waals surface area contributed by atoms with Gasteiger partial charge in [-0.3, -0.25) is 4.79 Å². The molecule has 1 aromatic rings. The van der Waals surface area contributed by atoms with Crippen LogP contribution in [-0.4, -0.2) is 31.6 Å². The lowest BCUT2D eigenvalue weighted by atomic mass is 9.86. The summed E-state index contributed by atoms with van der Waals surface area (Å²) in [6.07, 6.45) is 5.87. The molecular weight excluding hydrogens is 412 g/mol. The van der Waals surface area contributed by atoms with Gasteiger partial charge in [-0.15, -0.1) is 0 Å². The number of carbonyl (C=O) groups is 2. The predicted molar refractivity (Wildman–Crippen MR) is 105 cm³/mol. The van der Waals surface area contributed by atoms with Gasteiger partial charge in [0.05, 0.1) is 11.6 Å². The van der Waals surface area contributed by atoms with E-state index in [1.165, 1.54) is 19.6 Å². The zero-order valence-electron chi connectivity index (χ0n) is 15.5. The highest BCUT2D eigenvalue weighted by molar-refractivity contribution is 9.10. The van der Waals surface area contributed by atoms with E-state index in [0.717, 1.165) is 19.3 Å². The van der Waals surface area contributed by atoms with Crippen molar-refractivity contribution < 1.29 is 19.1 Å². The van der Waals surface area contributed by atoms with E-state index in [1.807, 2.05) is 6.07 Å². The van der Waals surface area contributed by atoms with E-state index in [2.05, 4.69) is 32.9 Å². The molecule has 27 heavy (non-hydrogen) atoms. The molecule has 6 nitrogen and oxygen atoms in total. The number of hydrogen-bond donors (Lipinski definition) is 1. The highest BCUT2D eigenvalue weighted by atomic mass is 79.9. The Labute approximate surface area is 167 Å². The van der Waals surface area contributed by atoms with E-state index in [9.17, 15) is 14.9 Å². The molecule has 0 aliphatic heterocycles. The van der Waals surface area contributed by atoms with Gasteiger partial charge in [0.15, 0.2) is 6.61 Å². The third-order valence-corrected chi connectivity index (χ3v) is 5.25. The molecular formula is C20H23BrN2O4. The van der Waals surface area contributed by atoms with Crippen molar-refractivity contribution in [2.45, 2.75) is 38.6 Å². The van der Waals surface area contributed by atoms with Crippen LogP contribution in [0.5, 0.6) is 5.75 Å². The first-order chi connectivity index (χ1) is 12.9. The van der Waals surface area contributed by atoms with E-state index < -0.39 is 5.97 Å². The molecule has 0 saturated heterocycles. The first-order valence-corrected chi connectivity index (χ1v) is 9.65. The van der Waals surface area contributed by atoms with Crippen molar-refractivity contribution in [1.82, 2.24) is 5.32 Å². The fraction of sp³-hybridized carbons (Fsp3) is 0.450. The summed E-state index contributed by atoms with van der Waals surface area (Å²) in [5, 5.41) is 12.4. The van der Waals surface area contributed by atoms with Gasteiger partial charge >= 0.3 is 5.97 Å². The molecule has 1 aromatic carbocycles. The van der Waals surface area contributed by atoms with Crippen molar-refractivity contribution in [2.75, 3.05) is 13.7 Å². The Hall–Kier alpha value is -2.33. The Bertz CT molecular complexity index is 770. The quantitative estimate of drug-likeness (QED) is 0.419. The molecule has 0 bridgehead atoms. The van der Waals surface area contributed by atoms with Crippen LogP contribution in [0.3, 0.4) is 0 Å². The largest absolute Gasteiger partial charge is 0.481 e. The minimum Gasteiger partial charge on any atom is -0.481 e. The molecule has 2 atom stereocenters. The summed E-state index contributed by atoms with van der Waals surface area (Å²) in [6, 6.07) is 7.19.